The van der Waals surface area contributed by atoms with Gasteiger partial charge in [-0.25, -0.2) is 0 Å². The van der Waals surface area contributed by atoms with Crippen LogP contribution in [0.3, 0.4) is 0 Å². The minimum Gasteiger partial charge on any atom is -0.305 e. The molecule has 5 nitrogen and oxygen atoms in total. The molecule has 1 fully saturated rings. The molecular formula is C19H19N3O2S3. The lowest BCUT2D eigenvalue weighted by Gasteiger charge is -2.13. The monoisotopic (exact) mass is 417 g/mol. The summed E-state index contributed by atoms with van der Waals surface area (Å²) in [4.78, 5) is 30.9. The lowest BCUT2D eigenvalue weighted by atomic mass is 10.1. The van der Waals surface area contributed by atoms with E-state index in [9.17, 15) is 9.59 Å². The zero-order chi connectivity index (χ0) is 19.2. The molecule has 1 aromatic rings. The fraction of sp³-hybridized carbons (Fsp3) is 0.263. The number of thioether (sulfide) groups is 2. The third-order valence-electron chi connectivity index (χ3n) is 3.82. The lowest BCUT2D eigenvalue weighted by molar-refractivity contribution is -0.123. The van der Waals surface area contributed by atoms with E-state index in [0.717, 1.165) is 23.4 Å². The predicted octanol–water partition coefficient (Wildman–Crippen LogP) is 3.44. The summed E-state index contributed by atoms with van der Waals surface area (Å²) in [6.45, 7) is 2.95. The Hall–Kier alpha value is -1.90. The molecule has 1 saturated heterocycles. The van der Waals surface area contributed by atoms with Gasteiger partial charge in [0.15, 0.2) is 5.17 Å². The van der Waals surface area contributed by atoms with Gasteiger partial charge in [-0.15, -0.1) is 0 Å². The molecule has 0 spiro atoms. The van der Waals surface area contributed by atoms with Crippen LogP contribution in [0.2, 0.25) is 0 Å². The third-order valence-corrected chi connectivity index (χ3v) is 6.09. The summed E-state index contributed by atoms with van der Waals surface area (Å²) in [5.74, 6) is 0.595. The molecule has 3 rings (SSSR count). The maximum absolute atomic E-state index is 12.6. The number of hydrogen-bond acceptors (Lipinski definition) is 6. The van der Waals surface area contributed by atoms with Crippen LogP contribution in [0.4, 0.5) is 0 Å². The van der Waals surface area contributed by atoms with Gasteiger partial charge in [0.2, 0.25) is 5.91 Å². The molecule has 1 aromatic carbocycles. The highest BCUT2D eigenvalue weighted by Gasteiger charge is 2.32. The van der Waals surface area contributed by atoms with Crippen LogP contribution in [-0.4, -0.2) is 45.0 Å². The molecule has 0 atom stereocenters. The minimum atomic E-state index is -0.152. The second-order valence-electron chi connectivity index (χ2n) is 5.97. The highest BCUT2D eigenvalue weighted by atomic mass is 32.2. The van der Waals surface area contributed by atoms with Crippen molar-refractivity contribution in [3.05, 3.63) is 52.4 Å². The van der Waals surface area contributed by atoms with Crippen molar-refractivity contribution in [1.29, 1.82) is 0 Å². The highest BCUT2D eigenvalue weighted by molar-refractivity contribution is 8.26. The van der Waals surface area contributed by atoms with Crippen molar-refractivity contribution in [3.63, 3.8) is 0 Å². The second-order valence-corrected chi connectivity index (χ2v) is 8.73. The molecule has 27 heavy (non-hydrogen) atoms. The molecule has 0 unspecified atom stereocenters. The first-order valence-electron chi connectivity index (χ1n) is 8.49. The van der Waals surface area contributed by atoms with E-state index in [1.807, 2.05) is 49.4 Å². The van der Waals surface area contributed by atoms with E-state index >= 15 is 0 Å². The van der Waals surface area contributed by atoms with Crippen molar-refractivity contribution in [1.82, 2.24) is 10.2 Å². The number of amides is 2. The van der Waals surface area contributed by atoms with Crippen molar-refractivity contribution in [2.45, 2.75) is 13.3 Å². The zero-order valence-corrected chi connectivity index (χ0v) is 17.3. The summed E-state index contributed by atoms with van der Waals surface area (Å²) in [5.41, 5.74) is 2.04. The van der Waals surface area contributed by atoms with E-state index in [1.54, 1.807) is 0 Å². The molecular weight excluding hydrogens is 398 g/mol. The zero-order valence-electron chi connectivity index (χ0n) is 14.8. The molecule has 1 N–H and O–H groups in total. The van der Waals surface area contributed by atoms with Crippen LogP contribution in [0, 0.1) is 0 Å². The Labute approximate surface area is 172 Å². The van der Waals surface area contributed by atoms with E-state index in [4.69, 9.17) is 12.2 Å². The third kappa shape index (κ3) is 5.54. The molecule has 0 radical (unpaired) electrons. The predicted molar refractivity (Wildman–Crippen MR) is 118 cm³/mol. The lowest BCUT2D eigenvalue weighted by Crippen LogP contribution is -2.34. The Bertz CT molecular complexity index is 847. The summed E-state index contributed by atoms with van der Waals surface area (Å²) in [7, 11) is 0. The number of allylic oxidation sites excluding steroid dienone is 2. The SMILES string of the molecule is CC(/C=C1\SC(=S)N(CCC(=O)NC2=NCCS2)C1=O)=C\c1ccccc1. The summed E-state index contributed by atoms with van der Waals surface area (Å²) in [6, 6.07) is 9.92. The maximum atomic E-state index is 12.6. The summed E-state index contributed by atoms with van der Waals surface area (Å²) in [6.07, 6.45) is 4.05. The van der Waals surface area contributed by atoms with Crippen molar-refractivity contribution >= 4 is 63.1 Å². The van der Waals surface area contributed by atoms with Gasteiger partial charge in [0.1, 0.15) is 4.32 Å². The number of nitrogens with one attached hydrogen (secondary N) is 1. The average Bonchev–Trinajstić information content (AvgIpc) is 3.23. The normalized spacial score (nSPS) is 19.0. The van der Waals surface area contributed by atoms with Gasteiger partial charge in [-0.05, 0) is 24.1 Å². The van der Waals surface area contributed by atoms with E-state index in [1.165, 1.54) is 28.4 Å². The number of benzene rings is 1. The molecule has 2 heterocycles. The number of hydrogen-bond donors (Lipinski definition) is 1. The first-order chi connectivity index (χ1) is 13.0. The van der Waals surface area contributed by atoms with Gasteiger partial charge >= 0.3 is 0 Å². The number of carbonyl (C=O) groups excluding carboxylic acids is 2. The number of nitrogens with zero attached hydrogens (tertiary/aromatic N) is 2. The Kier molecular flexibility index (Phi) is 6.87. The topological polar surface area (TPSA) is 61.8 Å². The number of carbonyl (C=O) groups is 2. The smallest absolute Gasteiger partial charge is 0.266 e. The van der Waals surface area contributed by atoms with Crippen molar-refractivity contribution in [3.8, 4) is 0 Å². The van der Waals surface area contributed by atoms with Gasteiger partial charge in [0.25, 0.3) is 5.91 Å². The number of rotatable bonds is 5. The largest absolute Gasteiger partial charge is 0.305 e. The van der Waals surface area contributed by atoms with Gasteiger partial charge in [-0.3, -0.25) is 19.5 Å². The number of aliphatic imine (C=N–C) groups is 1. The molecule has 0 saturated carbocycles. The van der Waals surface area contributed by atoms with Crippen molar-refractivity contribution in [2.24, 2.45) is 4.99 Å². The molecule has 2 aliphatic heterocycles. The van der Waals surface area contributed by atoms with Crippen LogP contribution in [0.5, 0.6) is 0 Å². The Morgan fingerprint density at radius 3 is 2.85 bits per heavy atom. The first-order valence-corrected chi connectivity index (χ1v) is 10.7. The fourth-order valence-corrected chi connectivity index (χ4v) is 4.66. The summed E-state index contributed by atoms with van der Waals surface area (Å²) >= 11 is 8.12. The molecule has 0 aromatic heterocycles. The van der Waals surface area contributed by atoms with Gasteiger partial charge in [-0.2, -0.15) is 0 Å². The molecule has 0 aliphatic carbocycles. The quantitative estimate of drug-likeness (QED) is 0.587. The van der Waals surface area contributed by atoms with E-state index in [-0.39, 0.29) is 24.8 Å². The summed E-state index contributed by atoms with van der Waals surface area (Å²) < 4.78 is 0.485. The number of amidine groups is 1. The van der Waals surface area contributed by atoms with Crippen LogP contribution in [0.1, 0.15) is 18.9 Å². The molecule has 2 amide bonds. The van der Waals surface area contributed by atoms with E-state index in [2.05, 4.69) is 10.3 Å². The van der Waals surface area contributed by atoms with Gasteiger partial charge in [-0.1, -0.05) is 72.1 Å². The van der Waals surface area contributed by atoms with Crippen LogP contribution >= 0.6 is 35.7 Å². The van der Waals surface area contributed by atoms with Gasteiger partial charge < -0.3 is 5.32 Å². The van der Waals surface area contributed by atoms with Gasteiger partial charge in [0, 0.05) is 18.7 Å². The second kappa shape index (κ2) is 9.34. The van der Waals surface area contributed by atoms with Crippen LogP contribution in [-0.2, 0) is 9.59 Å². The first kappa shape index (κ1) is 19.9. The molecule has 0 bridgehead atoms. The Morgan fingerprint density at radius 1 is 1.37 bits per heavy atom. The van der Waals surface area contributed by atoms with E-state index in [0.29, 0.717) is 14.4 Å². The van der Waals surface area contributed by atoms with E-state index < -0.39 is 0 Å². The number of thiocarbonyl (C=S) groups is 1. The Morgan fingerprint density at radius 2 is 2.15 bits per heavy atom. The van der Waals surface area contributed by atoms with Crippen molar-refractivity contribution < 1.29 is 9.59 Å². The van der Waals surface area contributed by atoms with Crippen molar-refractivity contribution in [2.75, 3.05) is 18.8 Å². The molecule has 140 valence electrons. The van der Waals surface area contributed by atoms with Crippen LogP contribution in [0.15, 0.2) is 51.9 Å². The average molecular weight is 418 g/mol. The minimum absolute atomic E-state index is 0.147. The Balaban J connectivity index is 1.59. The highest BCUT2D eigenvalue weighted by Crippen LogP contribution is 2.32. The standard InChI is InChI=1S/C19H19N3O2S3/c1-13(11-14-5-3-2-4-6-14)12-15-17(24)22(19(25)27-15)9-7-16(23)21-18-20-8-10-26-18/h2-6,11-12H,7-10H2,1H3,(H,20,21,23)/b13-11+,15-12-. The summed E-state index contributed by atoms with van der Waals surface area (Å²) in [5, 5.41) is 3.42. The molecule has 8 heteroatoms. The maximum Gasteiger partial charge on any atom is 0.266 e. The van der Waals surface area contributed by atoms with Crippen LogP contribution in [0.25, 0.3) is 6.08 Å². The molecule has 2 aliphatic rings. The fourth-order valence-electron chi connectivity index (χ4n) is 2.56. The van der Waals surface area contributed by atoms with Gasteiger partial charge in [0.05, 0.1) is 11.4 Å². The van der Waals surface area contributed by atoms with Crippen LogP contribution < -0.4 is 5.32 Å².